The van der Waals surface area contributed by atoms with Gasteiger partial charge in [-0.2, -0.15) is 0 Å². The minimum atomic E-state index is -0.0195. The Hall–Kier alpha value is -0.860. The summed E-state index contributed by atoms with van der Waals surface area (Å²) >= 11 is 5.88. The van der Waals surface area contributed by atoms with Gasteiger partial charge in [0.15, 0.2) is 5.78 Å². The first-order valence-corrected chi connectivity index (χ1v) is 4.31. The summed E-state index contributed by atoms with van der Waals surface area (Å²) in [7, 11) is 1.62. The molecule has 3 heteroatoms. The Morgan fingerprint density at radius 2 is 2.23 bits per heavy atom. The van der Waals surface area contributed by atoms with E-state index in [-0.39, 0.29) is 5.78 Å². The second-order valence-corrected chi connectivity index (χ2v) is 3.21. The van der Waals surface area contributed by atoms with Crippen LogP contribution in [-0.2, 0) is 11.3 Å². The normalized spacial score (nSPS) is 10.1. The molecule has 2 nitrogen and oxygen atoms in total. The first-order chi connectivity index (χ1) is 6.15. The van der Waals surface area contributed by atoms with Gasteiger partial charge in [-0.3, -0.25) is 4.79 Å². The highest BCUT2D eigenvalue weighted by Gasteiger charge is 2.05. The van der Waals surface area contributed by atoms with E-state index in [0.717, 1.165) is 5.56 Å². The fourth-order valence-corrected chi connectivity index (χ4v) is 1.44. The lowest BCUT2D eigenvalue weighted by Gasteiger charge is -2.03. The second kappa shape index (κ2) is 4.40. The van der Waals surface area contributed by atoms with E-state index in [1.807, 2.05) is 6.07 Å². The van der Waals surface area contributed by atoms with Crippen molar-refractivity contribution in [1.82, 2.24) is 0 Å². The van der Waals surface area contributed by atoms with Crippen molar-refractivity contribution in [1.29, 1.82) is 0 Å². The maximum atomic E-state index is 11.0. The van der Waals surface area contributed by atoms with E-state index in [0.29, 0.717) is 17.2 Å². The average Bonchev–Trinajstić information content (AvgIpc) is 2.04. The highest BCUT2D eigenvalue weighted by molar-refractivity contribution is 6.33. The molecule has 13 heavy (non-hydrogen) atoms. The van der Waals surface area contributed by atoms with Crippen LogP contribution in [0.1, 0.15) is 22.8 Å². The molecule has 1 aromatic rings. The maximum Gasteiger partial charge on any atom is 0.161 e. The van der Waals surface area contributed by atoms with Gasteiger partial charge in [0.05, 0.1) is 11.6 Å². The van der Waals surface area contributed by atoms with Gasteiger partial charge in [0, 0.05) is 12.7 Å². The number of rotatable bonds is 3. The lowest BCUT2D eigenvalue weighted by molar-refractivity contribution is 0.101. The summed E-state index contributed by atoms with van der Waals surface area (Å²) in [6.45, 7) is 2.01. The molecule has 1 aromatic carbocycles. The monoisotopic (exact) mass is 198 g/mol. The maximum absolute atomic E-state index is 11.0. The highest BCUT2D eigenvalue weighted by Crippen LogP contribution is 2.18. The zero-order valence-electron chi connectivity index (χ0n) is 7.63. The molecule has 0 aliphatic carbocycles. The van der Waals surface area contributed by atoms with Crippen molar-refractivity contribution >= 4 is 17.4 Å². The van der Waals surface area contributed by atoms with Crippen molar-refractivity contribution in [3.63, 3.8) is 0 Å². The molecular weight excluding hydrogens is 188 g/mol. The zero-order chi connectivity index (χ0) is 9.84. The number of benzene rings is 1. The number of hydrogen-bond acceptors (Lipinski definition) is 2. The van der Waals surface area contributed by atoms with Gasteiger partial charge in [-0.15, -0.1) is 0 Å². The van der Waals surface area contributed by atoms with Crippen LogP contribution in [0.3, 0.4) is 0 Å². The van der Waals surface area contributed by atoms with Crippen molar-refractivity contribution < 1.29 is 9.53 Å². The van der Waals surface area contributed by atoms with Gasteiger partial charge in [0.25, 0.3) is 0 Å². The van der Waals surface area contributed by atoms with Crippen molar-refractivity contribution in [2.75, 3.05) is 7.11 Å². The largest absolute Gasteiger partial charge is 0.380 e. The van der Waals surface area contributed by atoms with Crippen LogP contribution < -0.4 is 0 Å². The fraction of sp³-hybridized carbons (Fsp3) is 0.300. The molecule has 0 N–H and O–H groups in total. The van der Waals surface area contributed by atoms with Gasteiger partial charge in [0.2, 0.25) is 0 Å². The van der Waals surface area contributed by atoms with Crippen LogP contribution in [0.15, 0.2) is 18.2 Å². The molecule has 0 aromatic heterocycles. The SMILES string of the molecule is COCc1ccc(C(C)=O)c(Cl)c1. The number of ketones is 1. The standard InChI is InChI=1S/C10H11ClO2/c1-7(12)9-4-3-8(6-13-2)5-10(9)11/h3-5H,6H2,1-2H3. The van der Waals surface area contributed by atoms with Gasteiger partial charge in [-0.1, -0.05) is 17.7 Å². The van der Waals surface area contributed by atoms with E-state index in [9.17, 15) is 4.79 Å². The van der Waals surface area contributed by atoms with Gasteiger partial charge in [-0.25, -0.2) is 0 Å². The molecule has 0 heterocycles. The molecule has 0 bridgehead atoms. The number of halogens is 1. The molecule has 1 rings (SSSR count). The average molecular weight is 199 g/mol. The molecule has 0 spiro atoms. The Kier molecular flexibility index (Phi) is 3.46. The van der Waals surface area contributed by atoms with Crippen LogP contribution in [-0.4, -0.2) is 12.9 Å². The Morgan fingerprint density at radius 3 is 2.69 bits per heavy atom. The van der Waals surface area contributed by atoms with E-state index in [2.05, 4.69) is 0 Å². The predicted octanol–water partition coefficient (Wildman–Crippen LogP) is 2.69. The summed E-state index contributed by atoms with van der Waals surface area (Å²) < 4.78 is 4.94. The number of ether oxygens (including phenoxy) is 1. The van der Waals surface area contributed by atoms with E-state index < -0.39 is 0 Å². The van der Waals surface area contributed by atoms with Crippen LogP contribution in [0.5, 0.6) is 0 Å². The smallest absolute Gasteiger partial charge is 0.161 e. The summed E-state index contributed by atoms with van der Waals surface area (Å²) in [6, 6.07) is 5.31. The number of carbonyl (C=O) groups is 1. The lowest BCUT2D eigenvalue weighted by atomic mass is 10.1. The molecule has 0 aliphatic rings. The molecule has 0 atom stereocenters. The third-order valence-electron chi connectivity index (χ3n) is 1.72. The van der Waals surface area contributed by atoms with Crippen LogP contribution in [0.4, 0.5) is 0 Å². The van der Waals surface area contributed by atoms with Crippen LogP contribution >= 0.6 is 11.6 Å². The topological polar surface area (TPSA) is 26.3 Å². The van der Waals surface area contributed by atoms with Crippen molar-refractivity contribution in [2.24, 2.45) is 0 Å². The predicted molar refractivity (Wildman–Crippen MR) is 52.2 cm³/mol. The van der Waals surface area contributed by atoms with E-state index in [1.54, 1.807) is 19.2 Å². The van der Waals surface area contributed by atoms with E-state index in [1.165, 1.54) is 6.92 Å². The minimum absolute atomic E-state index is 0.0195. The van der Waals surface area contributed by atoms with Crippen molar-refractivity contribution in [3.05, 3.63) is 34.3 Å². The second-order valence-electron chi connectivity index (χ2n) is 2.80. The van der Waals surface area contributed by atoms with E-state index in [4.69, 9.17) is 16.3 Å². The highest BCUT2D eigenvalue weighted by atomic mass is 35.5. The molecule has 0 saturated carbocycles. The first kappa shape index (κ1) is 10.2. The summed E-state index contributed by atoms with van der Waals surface area (Å²) in [6.07, 6.45) is 0. The summed E-state index contributed by atoms with van der Waals surface area (Å²) in [5.74, 6) is -0.0195. The van der Waals surface area contributed by atoms with Crippen molar-refractivity contribution in [2.45, 2.75) is 13.5 Å². The minimum Gasteiger partial charge on any atom is -0.380 e. The molecule has 0 unspecified atom stereocenters. The third-order valence-corrected chi connectivity index (χ3v) is 2.04. The first-order valence-electron chi connectivity index (χ1n) is 3.93. The summed E-state index contributed by atoms with van der Waals surface area (Å²) in [5.41, 5.74) is 1.53. The Labute approximate surface area is 82.5 Å². The molecule has 70 valence electrons. The number of methoxy groups -OCH3 is 1. The van der Waals surface area contributed by atoms with Crippen LogP contribution in [0.25, 0.3) is 0 Å². The molecule has 0 amide bonds. The quantitative estimate of drug-likeness (QED) is 0.699. The van der Waals surface area contributed by atoms with Crippen LogP contribution in [0, 0.1) is 0 Å². The summed E-state index contributed by atoms with van der Waals surface area (Å²) in [5, 5.41) is 0.488. The number of carbonyl (C=O) groups excluding carboxylic acids is 1. The number of hydrogen-bond donors (Lipinski definition) is 0. The molecular formula is C10H11ClO2. The van der Waals surface area contributed by atoms with Gasteiger partial charge in [-0.05, 0) is 24.6 Å². The summed E-state index contributed by atoms with van der Waals surface area (Å²) in [4.78, 5) is 11.0. The van der Waals surface area contributed by atoms with Gasteiger partial charge in [0.1, 0.15) is 0 Å². The van der Waals surface area contributed by atoms with E-state index >= 15 is 0 Å². The number of Topliss-reactive ketones (excluding diaryl/α,β-unsaturated/α-hetero) is 1. The Balaban J connectivity index is 2.98. The molecule has 0 radical (unpaired) electrons. The molecule has 0 fully saturated rings. The van der Waals surface area contributed by atoms with Crippen molar-refractivity contribution in [3.8, 4) is 0 Å². The molecule has 0 aliphatic heterocycles. The molecule has 0 saturated heterocycles. The fourth-order valence-electron chi connectivity index (χ4n) is 1.10. The third kappa shape index (κ3) is 2.54. The Morgan fingerprint density at radius 1 is 1.54 bits per heavy atom. The lowest BCUT2D eigenvalue weighted by Crippen LogP contribution is -1.95. The zero-order valence-corrected chi connectivity index (χ0v) is 8.39. The van der Waals surface area contributed by atoms with Crippen LogP contribution in [0.2, 0.25) is 5.02 Å². The van der Waals surface area contributed by atoms with Gasteiger partial charge >= 0.3 is 0 Å². The Bertz CT molecular complexity index is 321. The van der Waals surface area contributed by atoms with Gasteiger partial charge < -0.3 is 4.74 Å².